The van der Waals surface area contributed by atoms with Crippen molar-refractivity contribution in [1.29, 1.82) is 0 Å². The number of benzene rings is 1. The average Bonchev–Trinajstić information content (AvgIpc) is 2.34. The number of hydrogen-bond acceptors (Lipinski definition) is 1. The van der Waals surface area contributed by atoms with Crippen LogP contribution in [-0.2, 0) is 0 Å². The van der Waals surface area contributed by atoms with Crippen LogP contribution in [0.3, 0.4) is 0 Å². The van der Waals surface area contributed by atoms with Crippen LogP contribution in [0.1, 0.15) is 5.56 Å². The molecule has 0 amide bonds. The summed E-state index contributed by atoms with van der Waals surface area (Å²) >= 11 is 0. The highest BCUT2D eigenvalue weighted by molar-refractivity contribution is 5.86. The zero-order chi connectivity index (χ0) is 6.97. The lowest BCUT2D eigenvalue weighted by molar-refractivity contribution is -0.463. The molecule has 0 aliphatic carbocycles. The Labute approximate surface area is 57.6 Å². The van der Waals surface area contributed by atoms with Gasteiger partial charge in [-0.1, -0.05) is 12.1 Å². The Morgan fingerprint density at radius 3 is 2.90 bits per heavy atom. The summed E-state index contributed by atoms with van der Waals surface area (Å²) in [6, 6.07) is 7.30. The summed E-state index contributed by atoms with van der Waals surface area (Å²) in [4.78, 5) is 11.4. The van der Waals surface area contributed by atoms with Gasteiger partial charge in [0, 0.05) is 11.2 Å². The van der Waals surface area contributed by atoms with Gasteiger partial charge in [-0.15, -0.1) is 0 Å². The van der Waals surface area contributed by atoms with Crippen molar-refractivity contribution in [3.63, 3.8) is 0 Å². The van der Waals surface area contributed by atoms with Gasteiger partial charge in [-0.25, -0.2) is 0 Å². The first-order valence-corrected chi connectivity index (χ1v) is 2.98. The Morgan fingerprint density at radius 2 is 2.10 bits per heavy atom. The van der Waals surface area contributed by atoms with Crippen molar-refractivity contribution in [2.45, 2.75) is 0 Å². The van der Waals surface area contributed by atoms with Gasteiger partial charge in [0.25, 0.3) is 0 Å². The topological polar surface area (TPSA) is 32.4 Å². The van der Waals surface area contributed by atoms with Gasteiger partial charge >= 0.3 is 5.69 Å². The second-order valence-corrected chi connectivity index (χ2v) is 2.08. The largest absolute Gasteiger partial charge is 0.303 e. The van der Waals surface area contributed by atoms with Crippen molar-refractivity contribution in [2.75, 3.05) is 0 Å². The number of rotatable bonds is 0. The lowest BCUT2D eigenvalue weighted by atomic mass is 10.2. The fraction of sp³-hybridized carbons (Fsp3) is 0. The normalized spacial score (nSPS) is 13.8. The Balaban J connectivity index is 2.70. The molecule has 0 radical (unpaired) electrons. The quantitative estimate of drug-likeness (QED) is 0.493. The van der Waals surface area contributed by atoms with Gasteiger partial charge in [-0.3, -0.25) is 0 Å². The maximum Gasteiger partial charge on any atom is 0.303 e. The molecular formula is C7H5N2O+. The van der Waals surface area contributed by atoms with Crippen molar-refractivity contribution in [2.24, 2.45) is 5.10 Å². The van der Waals surface area contributed by atoms with Crippen LogP contribution in [0.4, 0.5) is 5.69 Å². The maximum atomic E-state index is 10.8. The van der Waals surface area contributed by atoms with Crippen molar-refractivity contribution < 1.29 is 4.87 Å². The third-order valence-corrected chi connectivity index (χ3v) is 1.44. The average molecular weight is 133 g/mol. The zero-order valence-corrected chi connectivity index (χ0v) is 5.19. The van der Waals surface area contributed by atoms with E-state index < -0.39 is 0 Å². The molecule has 2 rings (SSSR count). The first-order chi connectivity index (χ1) is 4.88. The zero-order valence-electron chi connectivity index (χ0n) is 5.19. The molecule has 0 saturated carbocycles. The van der Waals surface area contributed by atoms with E-state index in [0.29, 0.717) is 10.6 Å². The van der Waals surface area contributed by atoms with Gasteiger partial charge < -0.3 is 0 Å². The van der Waals surface area contributed by atoms with E-state index in [0.717, 1.165) is 5.56 Å². The minimum atomic E-state index is 0.620. The summed E-state index contributed by atoms with van der Waals surface area (Å²) < 4.78 is 0. The number of fused-ring (bicyclic) bond motifs is 1. The molecule has 0 unspecified atom stereocenters. The van der Waals surface area contributed by atoms with Crippen molar-refractivity contribution in [1.82, 2.24) is 0 Å². The van der Waals surface area contributed by atoms with Crippen LogP contribution in [0.15, 0.2) is 29.4 Å². The van der Waals surface area contributed by atoms with E-state index in [4.69, 9.17) is 0 Å². The lowest BCUT2D eigenvalue weighted by Crippen LogP contribution is -1.83. The second-order valence-electron chi connectivity index (χ2n) is 2.08. The summed E-state index contributed by atoms with van der Waals surface area (Å²) in [6.07, 6.45) is 1.56. The molecule has 0 bridgehead atoms. The Kier molecular flexibility index (Phi) is 0.917. The van der Waals surface area contributed by atoms with Crippen molar-refractivity contribution in [3.05, 3.63) is 34.7 Å². The first-order valence-electron chi connectivity index (χ1n) is 2.98. The molecule has 0 fully saturated rings. The molecule has 3 heteroatoms. The van der Waals surface area contributed by atoms with Gasteiger partial charge in [0.2, 0.25) is 0 Å². The number of nitrogens with zero attached hydrogens (tertiary/aromatic N) is 2. The molecule has 0 spiro atoms. The minimum Gasteiger partial charge on any atom is -0.0611 e. The van der Waals surface area contributed by atoms with Gasteiger partial charge in [-0.2, -0.15) is 0 Å². The van der Waals surface area contributed by atoms with Crippen LogP contribution in [0, 0.1) is 4.91 Å². The number of nitroso groups, excluding NO2 is 1. The third-order valence-electron chi connectivity index (χ3n) is 1.44. The van der Waals surface area contributed by atoms with E-state index in [1.807, 2.05) is 18.2 Å². The summed E-state index contributed by atoms with van der Waals surface area (Å²) in [5.74, 6) is 0. The molecular weight excluding hydrogens is 128 g/mol. The highest BCUT2D eigenvalue weighted by Crippen LogP contribution is 2.20. The van der Waals surface area contributed by atoms with Crippen molar-refractivity contribution >= 4 is 11.9 Å². The summed E-state index contributed by atoms with van der Waals surface area (Å²) in [6.45, 7) is 0. The van der Waals surface area contributed by atoms with E-state index >= 15 is 0 Å². The molecule has 10 heavy (non-hydrogen) atoms. The van der Waals surface area contributed by atoms with Crippen LogP contribution >= 0.6 is 0 Å². The van der Waals surface area contributed by atoms with Crippen LogP contribution in [0.2, 0.25) is 0 Å². The van der Waals surface area contributed by atoms with E-state index in [-0.39, 0.29) is 0 Å². The minimum absolute atomic E-state index is 0.620. The molecule has 1 aliphatic rings. The summed E-state index contributed by atoms with van der Waals surface area (Å²) in [5, 5.41) is 3.56. The van der Waals surface area contributed by atoms with Gasteiger partial charge in [0.15, 0.2) is 4.87 Å². The monoisotopic (exact) mass is 133 g/mol. The number of para-hydroxylation sites is 1. The first kappa shape index (κ1) is 5.29. The fourth-order valence-corrected chi connectivity index (χ4v) is 0.948. The highest BCUT2D eigenvalue weighted by atomic mass is 16.3. The molecule has 0 aromatic heterocycles. The summed E-state index contributed by atoms with van der Waals surface area (Å²) in [5.41, 5.74) is 1.51. The molecule has 1 aromatic rings. The predicted molar refractivity (Wildman–Crippen MR) is 37.3 cm³/mol. The molecule has 0 atom stereocenters. The number of hydrazone groups is 1. The SMILES string of the molecule is O=[N+]1N=Cc2ccccc21. The highest BCUT2D eigenvalue weighted by Gasteiger charge is 2.22. The molecule has 1 aromatic carbocycles. The standard InChI is InChI=1S/C7H5N2O/c10-9-7-4-2-1-3-6(7)5-8-9/h1-5H/q+1. The van der Waals surface area contributed by atoms with Gasteiger partial charge in [0.05, 0.1) is 10.5 Å². The maximum absolute atomic E-state index is 10.8. The molecule has 0 saturated heterocycles. The van der Waals surface area contributed by atoms with E-state index in [2.05, 4.69) is 5.10 Å². The molecule has 1 heterocycles. The van der Waals surface area contributed by atoms with E-state index in [9.17, 15) is 4.91 Å². The molecule has 48 valence electrons. The van der Waals surface area contributed by atoms with E-state index in [1.165, 1.54) is 0 Å². The van der Waals surface area contributed by atoms with Crippen molar-refractivity contribution in [3.8, 4) is 0 Å². The van der Waals surface area contributed by atoms with Gasteiger partial charge in [0.1, 0.15) is 6.21 Å². The van der Waals surface area contributed by atoms with Crippen LogP contribution in [-0.4, -0.2) is 11.1 Å². The predicted octanol–water partition coefficient (Wildman–Crippen LogP) is 1.44. The molecule has 0 N–H and O–H groups in total. The van der Waals surface area contributed by atoms with Gasteiger partial charge in [-0.05, 0) is 6.07 Å². The lowest BCUT2D eigenvalue weighted by Gasteiger charge is -1.81. The van der Waals surface area contributed by atoms with Crippen LogP contribution in [0.25, 0.3) is 0 Å². The second kappa shape index (κ2) is 1.73. The summed E-state index contributed by atoms with van der Waals surface area (Å²) in [7, 11) is 0. The molecule has 3 nitrogen and oxygen atoms in total. The Hall–Kier alpha value is -1.51. The van der Waals surface area contributed by atoms with Crippen LogP contribution < -0.4 is 0 Å². The Bertz CT molecular complexity index is 317. The molecule has 1 aliphatic heterocycles. The van der Waals surface area contributed by atoms with Crippen LogP contribution in [0.5, 0.6) is 0 Å². The number of hydrogen-bond donors (Lipinski definition) is 0. The third kappa shape index (κ3) is 0.572. The fourth-order valence-electron chi connectivity index (χ4n) is 0.948. The Morgan fingerprint density at radius 1 is 1.30 bits per heavy atom. The smallest absolute Gasteiger partial charge is 0.0611 e. The van der Waals surface area contributed by atoms with E-state index in [1.54, 1.807) is 12.3 Å².